The third-order valence-corrected chi connectivity index (χ3v) is 2.14. The number of carbonyl (C=O) groups excluding carboxylic acids is 1. The van der Waals surface area contributed by atoms with E-state index in [1.165, 1.54) is 0 Å². The molecule has 0 aromatic carbocycles. The number of aromatic nitrogens is 1. The molecule has 4 heteroatoms. The van der Waals surface area contributed by atoms with Gasteiger partial charge in [0.2, 0.25) is 5.91 Å². The SMILES string of the molecule is CCN(Cc1ccccn1)C(=O)CNC. The maximum atomic E-state index is 11.6. The minimum Gasteiger partial charge on any atom is -0.336 e. The molecule has 1 rings (SSSR count). The lowest BCUT2D eigenvalue weighted by Gasteiger charge is -2.20. The van der Waals surface area contributed by atoms with Crippen LogP contribution in [0.5, 0.6) is 0 Å². The van der Waals surface area contributed by atoms with Crippen LogP contribution in [0.15, 0.2) is 24.4 Å². The number of amides is 1. The monoisotopic (exact) mass is 207 g/mol. The third-order valence-electron chi connectivity index (χ3n) is 2.14. The minimum atomic E-state index is 0.102. The zero-order chi connectivity index (χ0) is 11.1. The molecule has 0 aliphatic heterocycles. The Morgan fingerprint density at radius 2 is 2.33 bits per heavy atom. The highest BCUT2D eigenvalue weighted by atomic mass is 16.2. The van der Waals surface area contributed by atoms with Crippen LogP contribution >= 0.6 is 0 Å². The van der Waals surface area contributed by atoms with Gasteiger partial charge in [-0.1, -0.05) is 6.07 Å². The fourth-order valence-electron chi connectivity index (χ4n) is 1.33. The average molecular weight is 207 g/mol. The normalized spacial score (nSPS) is 10.0. The third kappa shape index (κ3) is 3.67. The Morgan fingerprint density at radius 3 is 2.87 bits per heavy atom. The second-order valence-electron chi connectivity index (χ2n) is 3.26. The van der Waals surface area contributed by atoms with Gasteiger partial charge in [-0.05, 0) is 26.1 Å². The maximum Gasteiger partial charge on any atom is 0.236 e. The van der Waals surface area contributed by atoms with Gasteiger partial charge in [0, 0.05) is 12.7 Å². The Hall–Kier alpha value is -1.42. The summed E-state index contributed by atoms with van der Waals surface area (Å²) in [6, 6.07) is 5.73. The summed E-state index contributed by atoms with van der Waals surface area (Å²) < 4.78 is 0. The molecule has 1 amide bonds. The van der Waals surface area contributed by atoms with E-state index in [4.69, 9.17) is 0 Å². The lowest BCUT2D eigenvalue weighted by atomic mass is 10.3. The van der Waals surface area contributed by atoms with E-state index in [1.807, 2.05) is 25.1 Å². The summed E-state index contributed by atoms with van der Waals surface area (Å²) in [7, 11) is 1.77. The molecule has 1 aromatic rings. The van der Waals surface area contributed by atoms with Crippen molar-refractivity contribution in [2.24, 2.45) is 0 Å². The summed E-state index contributed by atoms with van der Waals surface area (Å²) in [6.45, 7) is 3.63. The molecule has 82 valence electrons. The van der Waals surface area contributed by atoms with E-state index < -0.39 is 0 Å². The average Bonchev–Trinajstić information content (AvgIpc) is 2.27. The zero-order valence-electron chi connectivity index (χ0n) is 9.23. The Kier molecular flexibility index (Phi) is 4.77. The minimum absolute atomic E-state index is 0.102. The Labute approximate surface area is 90.3 Å². The van der Waals surface area contributed by atoms with Gasteiger partial charge in [-0.3, -0.25) is 9.78 Å². The molecule has 0 fully saturated rings. The molecule has 0 bridgehead atoms. The number of nitrogens with zero attached hydrogens (tertiary/aromatic N) is 2. The van der Waals surface area contributed by atoms with Gasteiger partial charge in [0.15, 0.2) is 0 Å². The predicted octanol–water partition coefficient (Wildman–Crippen LogP) is 0.649. The van der Waals surface area contributed by atoms with Crippen molar-refractivity contribution in [1.82, 2.24) is 15.2 Å². The second kappa shape index (κ2) is 6.14. The molecule has 0 aliphatic rings. The van der Waals surface area contributed by atoms with E-state index in [-0.39, 0.29) is 5.91 Å². The molecule has 1 heterocycles. The summed E-state index contributed by atoms with van der Waals surface area (Å²) in [5.74, 6) is 0.102. The van der Waals surface area contributed by atoms with Crippen LogP contribution in [-0.4, -0.2) is 35.9 Å². The second-order valence-corrected chi connectivity index (χ2v) is 3.26. The number of nitrogens with one attached hydrogen (secondary N) is 1. The lowest BCUT2D eigenvalue weighted by Crippen LogP contribution is -2.36. The van der Waals surface area contributed by atoms with Crippen LogP contribution < -0.4 is 5.32 Å². The van der Waals surface area contributed by atoms with Crippen LogP contribution in [0.2, 0.25) is 0 Å². The zero-order valence-corrected chi connectivity index (χ0v) is 9.23. The molecular weight excluding hydrogens is 190 g/mol. The van der Waals surface area contributed by atoms with Crippen molar-refractivity contribution in [3.05, 3.63) is 30.1 Å². The highest BCUT2D eigenvalue weighted by molar-refractivity contribution is 5.78. The number of rotatable bonds is 5. The van der Waals surface area contributed by atoms with Gasteiger partial charge < -0.3 is 10.2 Å². The van der Waals surface area contributed by atoms with Crippen LogP contribution in [0.25, 0.3) is 0 Å². The molecule has 0 radical (unpaired) electrons. The van der Waals surface area contributed by atoms with Crippen molar-refractivity contribution in [2.75, 3.05) is 20.1 Å². The standard InChI is InChI=1S/C11H17N3O/c1-3-14(11(15)8-12-2)9-10-6-4-5-7-13-10/h4-7,12H,3,8-9H2,1-2H3. The lowest BCUT2D eigenvalue weighted by molar-refractivity contribution is -0.130. The predicted molar refractivity (Wildman–Crippen MR) is 59.3 cm³/mol. The summed E-state index contributed by atoms with van der Waals surface area (Å²) in [5, 5.41) is 2.86. The molecule has 0 spiro atoms. The van der Waals surface area contributed by atoms with Gasteiger partial charge in [0.05, 0.1) is 18.8 Å². The topological polar surface area (TPSA) is 45.2 Å². The van der Waals surface area contributed by atoms with Crippen molar-refractivity contribution in [3.63, 3.8) is 0 Å². The summed E-state index contributed by atoms with van der Waals surface area (Å²) in [6.07, 6.45) is 1.74. The van der Waals surface area contributed by atoms with Crippen molar-refractivity contribution >= 4 is 5.91 Å². The van der Waals surface area contributed by atoms with Crippen molar-refractivity contribution in [2.45, 2.75) is 13.5 Å². The summed E-state index contributed by atoms with van der Waals surface area (Å²) >= 11 is 0. The van der Waals surface area contributed by atoms with Crippen LogP contribution in [0, 0.1) is 0 Å². The van der Waals surface area contributed by atoms with Gasteiger partial charge in [-0.15, -0.1) is 0 Å². The summed E-state index contributed by atoms with van der Waals surface area (Å²) in [4.78, 5) is 17.6. The van der Waals surface area contributed by atoms with Crippen molar-refractivity contribution in [3.8, 4) is 0 Å². The van der Waals surface area contributed by atoms with E-state index in [1.54, 1.807) is 18.1 Å². The fourth-order valence-corrected chi connectivity index (χ4v) is 1.33. The Balaban J connectivity index is 2.58. The van der Waals surface area contributed by atoms with Gasteiger partial charge in [0.25, 0.3) is 0 Å². The molecule has 15 heavy (non-hydrogen) atoms. The Bertz CT molecular complexity index is 300. The summed E-state index contributed by atoms with van der Waals surface area (Å²) in [5.41, 5.74) is 0.920. The quantitative estimate of drug-likeness (QED) is 0.771. The molecular formula is C11H17N3O. The van der Waals surface area contributed by atoms with E-state index in [0.717, 1.165) is 5.69 Å². The largest absolute Gasteiger partial charge is 0.336 e. The van der Waals surface area contributed by atoms with Crippen molar-refractivity contribution < 1.29 is 4.79 Å². The number of likely N-dealkylation sites (N-methyl/N-ethyl adjacent to an activating group) is 2. The number of carbonyl (C=O) groups is 1. The van der Waals surface area contributed by atoms with Crippen LogP contribution in [0.3, 0.4) is 0 Å². The molecule has 1 N–H and O–H groups in total. The van der Waals surface area contributed by atoms with Crippen molar-refractivity contribution in [1.29, 1.82) is 0 Å². The first kappa shape index (κ1) is 11.7. The van der Waals surface area contributed by atoms with Crippen LogP contribution in [0.4, 0.5) is 0 Å². The van der Waals surface area contributed by atoms with Gasteiger partial charge in [-0.2, -0.15) is 0 Å². The van der Waals surface area contributed by atoms with Gasteiger partial charge in [-0.25, -0.2) is 0 Å². The van der Waals surface area contributed by atoms with E-state index in [2.05, 4.69) is 10.3 Å². The van der Waals surface area contributed by atoms with Crippen LogP contribution in [0.1, 0.15) is 12.6 Å². The number of hydrogen-bond donors (Lipinski definition) is 1. The van der Waals surface area contributed by atoms with Gasteiger partial charge >= 0.3 is 0 Å². The first-order valence-corrected chi connectivity index (χ1v) is 5.10. The van der Waals surface area contributed by atoms with E-state index in [0.29, 0.717) is 19.6 Å². The first-order chi connectivity index (χ1) is 7.27. The molecule has 0 aliphatic carbocycles. The Morgan fingerprint density at radius 1 is 1.53 bits per heavy atom. The number of hydrogen-bond acceptors (Lipinski definition) is 3. The molecule has 0 unspecified atom stereocenters. The fraction of sp³-hybridized carbons (Fsp3) is 0.455. The maximum absolute atomic E-state index is 11.6. The first-order valence-electron chi connectivity index (χ1n) is 5.10. The smallest absolute Gasteiger partial charge is 0.236 e. The molecule has 1 aromatic heterocycles. The molecule has 4 nitrogen and oxygen atoms in total. The van der Waals surface area contributed by atoms with Crippen LogP contribution in [-0.2, 0) is 11.3 Å². The molecule has 0 atom stereocenters. The highest BCUT2D eigenvalue weighted by Crippen LogP contribution is 2.00. The highest BCUT2D eigenvalue weighted by Gasteiger charge is 2.10. The molecule has 0 saturated carbocycles. The number of pyridine rings is 1. The van der Waals surface area contributed by atoms with E-state index >= 15 is 0 Å². The van der Waals surface area contributed by atoms with E-state index in [9.17, 15) is 4.79 Å². The molecule has 0 saturated heterocycles. The van der Waals surface area contributed by atoms with Gasteiger partial charge in [0.1, 0.15) is 0 Å².